The molecule has 4 rings (SSSR count). The van der Waals surface area contributed by atoms with Crippen LogP contribution < -0.4 is 10.4 Å². The summed E-state index contributed by atoms with van der Waals surface area (Å²) in [7, 11) is 1.84. The number of pyridine rings is 1. The van der Waals surface area contributed by atoms with Gasteiger partial charge in [-0.25, -0.2) is 9.78 Å². The van der Waals surface area contributed by atoms with Gasteiger partial charge in [-0.1, -0.05) is 24.8 Å². The molecule has 0 unspecified atom stereocenters. The highest BCUT2D eigenvalue weighted by Crippen LogP contribution is 2.31. The number of ether oxygens (including phenoxy) is 1. The molecule has 1 aliphatic carbocycles. The second-order valence-corrected chi connectivity index (χ2v) is 7.87. The lowest BCUT2D eigenvalue weighted by Gasteiger charge is -2.09. The number of hydrogen-bond acceptors (Lipinski definition) is 3. The Labute approximate surface area is 176 Å². The van der Waals surface area contributed by atoms with Gasteiger partial charge in [-0.2, -0.15) is 0 Å². The van der Waals surface area contributed by atoms with Crippen molar-refractivity contribution in [1.29, 1.82) is 0 Å². The Morgan fingerprint density at radius 3 is 2.70 bits per heavy atom. The van der Waals surface area contributed by atoms with Crippen LogP contribution in [0.2, 0.25) is 0 Å². The van der Waals surface area contributed by atoms with Crippen LogP contribution in [0.15, 0.2) is 71.9 Å². The molecule has 0 radical (unpaired) electrons. The van der Waals surface area contributed by atoms with Gasteiger partial charge < -0.3 is 4.74 Å². The minimum Gasteiger partial charge on any atom is -0.439 e. The number of aryl methyl sites for hydroxylation is 2. The van der Waals surface area contributed by atoms with Crippen molar-refractivity contribution in [2.45, 2.75) is 33.2 Å². The molecule has 0 spiro atoms. The molecule has 0 bridgehead atoms. The highest BCUT2D eigenvalue weighted by atomic mass is 16.5. The normalized spacial score (nSPS) is 14.9. The van der Waals surface area contributed by atoms with E-state index in [1.165, 1.54) is 12.8 Å². The first-order valence-corrected chi connectivity index (χ1v) is 10.3. The Hall–Kier alpha value is -3.34. The fraction of sp³-hybridized carbons (Fsp3) is 0.280. The van der Waals surface area contributed by atoms with Gasteiger partial charge in [0.2, 0.25) is 5.88 Å². The molecule has 1 fully saturated rings. The van der Waals surface area contributed by atoms with Gasteiger partial charge in [0, 0.05) is 25.9 Å². The van der Waals surface area contributed by atoms with Crippen LogP contribution in [0.4, 0.5) is 0 Å². The maximum Gasteiger partial charge on any atom is 0.328 e. The van der Waals surface area contributed by atoms with Gasteiger partial charge in [-0.15, -0.1) is 0 Å². The standard InChI is InChI=1S/C25H27N3O2/c1-5-19(13-21(6-2)30-24-12-7-17(3)15-26-24)20-10-11-22-23(14-20)27(4)25(29)28(22)16-18-8-9-18/h5-7,10-15,18H,2,8-9,16H2,1,3-4H3. The largest absolute Gasteiger partial charge is 0.439 e. The Morgan fingerprint density at radius 2 is 2.07 bits per heavy atom. The van der Waals surface area contributed by atoms with Crippen LogP contribution in [-0.2, 0) is 13.6 Å². The van der Waals surface area contributed by atoms with Crippen LogP contribution >= 0.6 is 0 Å². The van der Waals surface area contributed by atoms with E-state index >= 15 is 0 Å². The van der Waals surface area contributed by atoms with Crippen molar-refractivity contribution in [2.24, 2.45) is 13.0 Å². The molecule has 154 valence electrons. The molecule has 2 aromatic heterocycles. The number of fused-ring (bicyclic) bond motifs is 1. The zero-order valence-corrected chi connectivity index (χ0v) is 17.8. The highest BCUT2D eigenvalue weighted by molar-refractivity contribution is 5.84. The van der Waals surface area contributed by atoms with Crippen molar-refractivity contribution >= 4 is 16.6 Å². The quantitative estimate of drug-likeness (QED) is 0.413. The van der Waals surface area contributed by atoms with Crippen LogP contribution in [0.25, 0.3) is 16.6 Å². The molecule has 5 nitrogen and oxygen atoms in total. The van der Waals surface area contributed by atoms with Crippen molar-refractivity contribution < 1.29 is 4.74 Å². The summed E-state index contributed by atoms with van der Waals surface area (Å²) in [4.78, 5) is 17.0. The van der Waals surface area contributed by atoms with Crippen LogP contribution in [0.5, 0.6) is 5.88 Å². The fourth-order valence-electron chi connectivity index (χ4n) is 3.57. The van der Waals surface area contributed by atoms with E-state index in [1.807, 2.05) is 55.8 Å². The molecular formula is C25H27N3O2. The maximum absolute atomic E-state index is 12.7. The van der Waals surface area contributed by atoms with Crippen molar-refractivity contribution in [1.82, 2.24) is 14.1 Å². The lowest BCUT2D eigenvalue weighted by atomic mass is 10.0. The van der Waals surface area contributed by atoms with E-state index in [4.69, 9.17) is 4.74 Å². The zero-order valence-electron chi connectivity index (χ0n) is 17.8. The van der Waals surface area contributed by atoms with Crippen LogP contribution in [-0.4, -0.2) is 14.1 Å². The average molecular weight is 402 g/mol. The summed E-state index contributed by atoms with van der Waals surface area (Å²) in [6.45, 7) is 8.65. The zero-order chi connectivity index (χ0) is 21.3. The number of hydrogen-bond donors (Lipinski definition) is 0. The van der Waals surface area contributed by atoms with Crippen molar-refractivity contribution in [3.63, 3.8) is 0 Å². The molecule has 1 saturated carbocycles. The topological polar surface area (TPSA) is 49.0 Å². The first-order valence-electron chi connectivity index (χ1n) is 10.3. The molecule has 1 aromatic carbocycles. The summed E-state index contributed by atoms with van der Waals surface area (Å²) in [5.41, 5.74) is 5.06. The Kier molecular flexibility index (Phi) is 5.44. The molecular weight excluding hydrogens is 374 g/mol. The van der Waals surface area contributed by atoms with E-state index in [9.17, 15) is 4.79 Å². The van der Waals surface area contributed by atoms with Crippen molar-refractivity contribution in [2.75, 3.05) is 0 Å². The van der Waals surface area contributed by atoms with Gasteiger partial charge >= 0.3 is 5.69 Å². The Bertz CT molecular complexity index is 1210. The van der Waals surface area contributed by atoms with E-state index in [0.29, 0.717) is 17.6 Å². The molecule has 0 N–H and O–H groups in total. The molecule has 5 heteroatoms. The average Bonchev–Trinajstić information content (AvgIpc) is 3.55. The van der Waals surface area contributed by atoms with Gasteiger partial charge in [0.1, 0.15) is 5.76 Å². The van der Waals surface area contributed by atoms with Gasteiger partial charge in [0.15, 0.2) is 0 Å². The number of nitrogens with zero attached hydrogens (tertiary/aromatic N) is 3. The smallest absolute Gasteiger partial charge is 0.328 e. The molecule has 2 heterocycles. The Morgan fingerprint density at radius 1 is 1.27 bits per heavy atom. The summed E-state index contributed by atoms with van der Waals surface area (Å²) < 4.78 is 9.53. The minimum atomic E-state index is 0.0483. The number of rotatable bonds is 7. The van der Waals surface area contributed by atoms with E-state index in [0.717, 1.165) is 34.3 Å². The van der Waals surface area contributed by atoms with Crippen LogP contribution in [0.3, 0.4) is 0 Å². The van der Waals surface area contributed by atoms with Crippen LogP contribution in [0.1, 0.15) is 30.9 Å². The lowest BCUT2D eigenvalue weighted by molar-refractivity contribution is 0.427. The van der Waals surface area contributed by atoms with Gasteiger partial charge in [-0.3, -0.25) is 9.13 Å². The van der Waals surface area contributed by atoms with Crippen molar-refractivity contribution in [3.05, 3.63) is 88.7 Å². The molecule has 3 aromatic rings. The number of benzene rings is 1. The summed E-state index contributed by atoms with van der Waals surface area (Å²) in [5.74, 6) is 1.78. The highest BCUT2D eigenvalue weighted by Gasteiger charge is 2.24. The molecule has 30 heavy (non-hydrogen) atoms. The second kappa shape index (κ2) is 8.19. The number of aromatic nitrogens is 3. The molecule has 0 saturated heterocycles. The molecule has 0 atom stereocenters. The van der Waals surface area contributed by atoms with E-state index in [-0.39, 0.29) is 5.69 Å². The predicted octanol–water partition coefficient (Wildman–Crippen LogP) is 5.01. The Balaban J connectivity index is 1.67. The summed E-state index contributed by atoms with van der Waals surface area (Å²) >= 11 is 0. The van der Waals surface area contributed by atoms with E-state index in [2.05, 4.69) is 23.7 Å². The maximum atomic E-state index is 12.7. The lowest BCUT2D eigenvalue weighted by Crippen LogP contribution is -2.22. The fourth-order valence-corrected chi connectivity index (χ4v) is 3.57. The minimum absolute atomic E-state index is 0.0483. The van der Waals surface area contributed by atoms with Crippen LogP contribution in [0, 0.1) is 12.8 Å². The monoisotopic (exact) mass is 401 g/mol. The predicted molar refractivity (Wildman–Crippen MR) is 121 cm³/mol. The number of imidazole rings is 1. The van der Waals surface area contributed by atoms with Gasteiger partial charge in [0.25, 0.3) is 0 Å². The first-order chi connectivity index (χ1) is 14.5. The van der Waals surface area contributed by atoms with Gasteiger partial charge in [0.05, 0.1) is 11.0 Å². The third kappa shape index (κ3) is 4.01. The summed E-state index contributed by atoms with van der Waals surface area (Å²) in [5, 5.41) is 0. The molecule has 1 aliphatic rings. The summed E-state index contributed by atoms with van der Waals surface area (Å²) in [6, 6.07) is 9.97. The van der Waals surface area contributed by atoms with E-state index in [1.54, 1.807) is 16.8 Å². The summed E-state index contributed by atoms with van der Waals surface area (Å²) in [6.07, 6.45) is 9.84. The number of allylic oxidation sites excluding steroid dienone is 4. The second-order valence-electron chi connectivity index (χ2n) is 7.87. The van der Waals surface area contributed by atoms with Crippen molar-refractivity contribution in [3.8, 4) is 5.88 Å². The third-order valence-electron chi connectivity index (χ3n) is 5.53. The van der Waals surface area contributed by atoms with Gasteiger partial charge in [-0.05, 0) is 73.6 Å². The first kappa shape index (κ1) is 20.0. The third-order valence-corrected chi connectivity index (χ3v) is 5.53. The SMILES string of the molecule is C=CC(=CC(=CC)c1ccc2c(c1)n(C)c(=O)n2CC1CC1)Oc1ccc(C)cn1. The molecule has 0 amide bonds. The molecule has 0 aliphatic heterocycles. The van der Waals surface area contributed by atoms with E-state index < -0.39 is 0 Å².